The second-order valence-electron chi connectivity index (χ2n) is 6.47. The molecule has 0 aliphatic carbocycles. The molecule has 1 fully saturated rings. The molecule has 0 aromatic heterocycles. The molecule has 1 N–H and O–H groups in total. The Morgan fingerprint density at radius 2 is 1.61 bits per heavy atom. The normalized spacial score (nSPS) is 15.9. The lowest BCUT2D eigenvalue weighted by Gasteiger charge is -2.38. The minimum Gasteiger partial charge on any atom is -0.507 e. The summed E-state index contributed by atoms with van der Waals surface area (Å²) in [5.41, 5.74) is 0.951. The van der Waals surface area contributed by atoms with Crippen molar-refractivity contribution in [1.82, 2.24) is 9.80 Å². The Morgan fingerprint density at radius 3 is 2.21 bits per heavy atom. The van der Waals surface area contributed by atoms with Crippen LogP contribution in [0, 0.1) is 0 Å². The van der Waals surface area contributed by atoms with E-state index in [1.807, 2.05) is 4.90 Å². The van der Waals surface area contributed by atoms with E-state index >= 15 is 0 Å². The van der Waals surface area contributed by atoms with Crippen molar-refractivity contribution in [3.8, 4) is 5.75 Å². The van der Waals surface area contributed by atoms with Crippen LogP contribution in [-0.4, -0.2) is 60.1 Å². The summed E-state index contributed by atoms with van der Waals surface area (Å²) in [5.74, 6) is -0.763. The SMILES string of the molecule is COC(=O)C(c1ccc(Cl)cc1)N1CCN(C(=O)c2cc(Cl)ccc2O)CC1. The quantitative estimate of drug-likeness (QED) is 0.764. The topological polar surface area (TPSA) is 70.1 Å². The number of amides is 1. The van der Waals surface area contributed by atoms with E-state index < -0.39 is 6.04 Å². The summed E-state index contributed by atoms with van der Waals surface area (Å²) in [6.07, 6.45) is 0. The average Bonchev–Trinajstić information content (AvgIpc) is 2.71. The summed E-state index contributed by atoms with van der Waals surface area (Å²) < 4.78 is 4.98. The number of hydrogen-bond acceptors (Lipinski definition) is 5. The summed E-state index contributed by atoms with van der Waals surface area (Å²) in [6, 6.07) is 10.9. The van der Waals surface area contributed by atoms with Crippen LogP contribution in [0.3, 0.4) is 0 Å². The van der Waals surface area contributed by atoms with Gasteiger partial charge in [0.15, 0.2) is 0 Å². The molecule has 1 unspecified atom stereocenters. The number of nitrogens with zero attached hydrogens (tertiary/aromatic N) is 2. The number of phenols is 1. The third-order valence-electron chi connectivity index (χ3n) is 4.77. The zero-order chi connectivity index (χ0) is 20.3. The molecule has 0 bridgehead atoms. The van der Waals surface area contributed by atoms with Crippen LogP contribution in [0.15, 0.2) is 42.5 Å². The van der Waals surface area contributed by atoms with Gasteiger partial charge in [0.2, 0.25) is 0 Å². The summed E-state index contributed by atoms with van der Waals surface area (Å²) in [4.78, 5) is 28.7. The lowest BCUT2D eigenvalue weighted by molar-refractivity contribution is -0.148. The predicted molar refractivity (Wildman–Crippen MR) is 107 cm³/mol. The van der Waals surface area contributed by atoms with Gasteiger partial charge in [-0.25, -0.2) is 4.79 Å². The Morgan fingerprint density at radius 1 is 1.00 bits per heavy atom. The molecule has 2 aromatic carbocycles. The maximum absolute atomic E-state index is 12.7. The van der Waals surface area contributed by atoms with E-state index in [2.05, 4.69) is 0 Å². The molecule has 0 saturated carbocycles. The highest BCUT2D eigenvalue weighted by Crippen LogP contribution is 2.27. The van der Waals surface area contributed by atoms with E-state index in [1.54, 1.807) is 29.2 Å². The fraction of sp³-hybridized carbons (Fsp3) is 0.300. The molecule has 3 rings (SSSR count). The third kappa shape index (κ3) is 4.41. The van der Waals surface area contributed by atoms with Crippen LogP contribution >= 0.6 is 23.2 Å². The zero-order valence-electron chi connectivity index (χ0n) is 15.3. The van der Waals surface area contributed by atoms with Gasteiger partial charge >= 0.3 is 5.97 Å². The number of rotatable bonds is 4. The Kier molecular flexibility index (Phi) is 6.44. The Balaban J connectivity index is 1.73. The van der Waals surface area contributed by atoms with Gasteiger partial charge in [-0.3, -0.25) is 9.69 Å². The zero-order valence-corrected chi connectivity index (χ0v) is 16.8. The Labute approximate surface area is 173 Å². The molecule has 0 spiro atoms. The van der Waals surface area contributed by atoms with Crippen LogP contribution in [0.4, 0.5) is 0 Å². The van der Waals surface area contributed by atoms with Crippen LogP contribution < -0.4 is 0 Å². The van der Waals surface area contributed by atoms with Crippen molar-refractivity contribution in [2.75, 3.05) is 33.3 Å². The van der Waals surface area contributed by atoms with E-state index in [-0.39, 0.29) is 23.2 Å². The van der Waals surface area contributed by atoms with E-state index in [9.17, 15) is 14.7 Å². The second-order valence-corrected chi connectivity index (χ2v) is 7.34. The first-order chi connectivity index (χ1) is 13.4. The largest absolute Gasteiger partial charge is 0.507 e. The highest BCUT2D eigenvalue weighted by molar-refractivity contribution is 6.31. The fourth-order valence-corrected chi connectivity index (χ4v) is 3.58. The molecule has 8 heteroatoms. The minimum absolute atomic E-state index is 0.106. The molecule has 0 radical (unpaired) electrons. The molecule has 28 heavy (non-hydrogen) atoms. The van der Waals surface area contributed by atoms with Gasteiger partial charge in [-0.2, -0.15) is 0 Å². The van der Waals surface area contributed by atoms with E-state index in [4.69, 9.17) is 27.9 Å². The second kappa shape index (κ2) is 8.82. The maximum atomic E-state index is 12.7. The van der Waals surface area contributed by atoms with Gasteiger partial charge in [-0.1, -0.05) is 35.3 Å². The van der Waals surface area contributed by atoms with Crippen molar-refractivity contribution in [3.63, 3.8) is 0 Å². The number of benzene rings is 2. The van der Waals surface area contributed by atoms with Gasteiger partial charge < -0.3 is 14.7 Å². The molecule has 1 aliphatic rings. The van der Waals surface area contributed by atoms with Gasteiger partial charge in [-0.05, 0) is 35.9 Å². The number of aromatic hydroxyl groups is 1. The van der Waals surface area contributed by atoms with Crippen LogP contribution in [-0.2, 0) is 9.53 Å². The standard InChI is InChI=1S/C20H20Cl2N2O4/c1-28-20(27)18(13-2-4-14(21)5-3-13)23-8-10-24(11-9-23)19(26)16-12-15(22)6-7-17(16)25/h2-7,12,18,25H,8-11H2,1H3. The number of phenolic OH excluding ortho intramolecular Hbond substituents is 1. The van der Waals surface area contributed by atoms with E-state index in [0.29, 0.717) is 36.2 Å². The third-order valence-corrected chi connectivity index (χ3v) is 5.25. The first-order valence-corrected chi connectivity index (χ1v) is 9.51. The summed E-state index contributed by atoms with van der Waals surface area (Å²) in [7, 11) is 1.35. The smallest absolute Gasteiger partial charge is 0.327 e. The number of piperazine rings is 1. The number of carbonyl (C=O) groups excluding carboxylic acids is 2. The van der Waals surface area contributed by atoms with Crippen LogP contribution in [0.25, 0.3) is 0 Å². The Hall–Kier alpha value is -2.28. The van der Waals surface area contributed by atoms with Gasteiger partial charge in [0.05, 0.1) is 12.7 Å². The Bertz CT molecular complexity index is 865. The van der Waals surface area contributed by atoms with Gasteiger partial charge in [0.1, 0.15) is 11.8 Å². The van der Waals surface area contributed by atoms with Crippen molar-refractivity contribution in [2.24, 2.45) is 0 Å². The number of halogens is 2. The van der Waals surface area contributed by atoms with E-state index in [1.165, 1.54) is 25.3 Å². The number of esters is 1. The summed E-state index contributed by atoms with van der Waals surface area (Å²) in [5, 5.41) is 10.9. The molecule has 1 amide bonds. The molecule has 2 aromatic rings. The monoisotopic (exact) mass is 422 g/mol. The molecular formula is C20H20Cl2N2O4. The van der Waals surface area contributed by atoms with E-state index in [0.717, 1.165) is 5.56 Å². The molecule has 148 valence electrons. The van der Waals surface area contributed by atoms with Gasteiger partial charge in [0.25, 0.3) is 5.91 Å². The van der Waals surface area contributed by atoms with Crippen LogP contribution in [0.2, 0.25) is 10.0 Å². The number of ether oxygens (including phenoxy) is 1. The highest BCUT2D eigenvalue weighted by Gasteiger charge is 2.33. The summed E-state index contributed by atoms with van der Waals surface area (Å²) in [6.45, 7) is 1.78. The van der Waals surface area contributed by atoms with Crippen molar-refractivity contribution in [2.45, 2.75) is 6.04 Å². The summed E-state index contributed by atoms with van der Waals surface area (Å²) >= 11 is 11.9. The van der Waals surface area contributed by atoms with Gasteiger partial charge in [-0.15, -0.1) is 0 Å². The molecule has 1 atom stereocenters. The average molecular weight is 423 g/mol. The molecule has 1 heterocycles. The number of carbonyl (C=O) groups is 2. The highest BCUT2D eigenvalue weighted by atomic mass is 35.5. The first kappa shape index (κ1) is 20.5. The van der Waals surface area contributed by atoms with Crippen molar-refractivity contribution < 1.29 is 19.4 Å². The van der Waals surface area contributed by atoms with Crippen LogP contribution in [0.5, 0.6) is 5.75 Å². The molecular weight excluding hydrogens is 403 g/mol. The van der Waals surface area contributed by atoms with Crippen molar-refractivity contribution in [1.29, 1.82) is 0 Å². The minimum atomic E-state index is -0.570. The van der Waals surface area contributed by atoms with Crippen molar-refractivity contribution >= 4 is 35.1 Å². The molecule has 1 saturated heterocycles. The molecule has 1 aliphatic heterocycles. The molecule has 6 nitrogen and oxygen atoms in total. The first-order valence-electron chi connectivity index (χ1n) is 8.76. The number of hydrogen-bond donors (Lipinski definition) is 1. The fourth-order valence-electron chi connectivity index (χ4n) is 3.29. The lowest BCUT2D eigenvalue weighted by Crippen LogP contribution is -2.51. The van der Waals surface area contributed by atoms with Crippen molar-refractivity contribution in [3.05, 3.63) is 63.6 Å². The van der Waals surface area contributed by atoms with Gasteiger partial charge in [0, 0.05) is 36.2 Å². The predicted octanol–water partition coefficient (Wildman–Crippen LogP) is 3.37. The number of methoxy groups -OCH3 is 1. The maximum Gasteiger partial charge on any atom is 0.327 e. The lowest BCUT2D eigenvalue weighted by atomic mass is 10.0. The van der Waals surface area contributed by atoms with Crippen LogP contribution in [0.1, 0.15) is 22.0 Å².